The lowest BCUT2D eigenvalue weighted by atomic mass is 10.1. The standard InChI is InChI=1S/C12H19N3O2/c1-3-14-7-5-10(8-14)15-11(4-6-13-15)9(2)12(16)17/h4,6,9-10H,3,5,7-8H2,1-2H3,(H,16,17). The van der Waals surface area contributed by atoms with E-state index in [0.29, 0.717) is 6.04 Å². The summed E-state index contributed by atoms with van der Waals surface area (Å²) in [5, 5.41) is 13.4. The number of aliphatic carboxylic acids is 1. The number of aromatic nitrogens is 2. The first-order valence-electron chi connectivity index (χ1n) is 6.12. The first kappa shape index (κ1) is 12.1. The predicted octanol–water partition coefficient (Wildman–Crippen LogP) is 1.34. The molecule has 1 saturated heterocycles. The van der Waals surface area contributed by atoms with Crippen molar-refractivity contribution in [3.8, 4) is 0 Å². The highest BCUT2D eigenvalue weighted by molar-refractivity contribution is 5.74. The maximum absolute atomic E-state index is 11.0. The van der Waals surface area contributed by atoms with Crippen LogP contribution in [0, 0.1) is 0 Å². The highest BCUT2D eigenvalue weighted by Crippen LogP contribution is 2.25. The molecule has 94 valence electrons. The summed E-state index contributed by atoms with van der Waals surface area (Å²) >= 11 is 0. The Morgan fingerprint density at radius 2 is 2.47 bits per heavy atom. The second-order valence-electron chi connectivity index (χ2n) is 4.60. The third-order valence-corrected chi connectivity index (χ3v) is 3.56. The molecule has 1 aromatic heterocycles. The lowest BCUT2D eigenvalue weighted by molar-refractivity contribution is -0.138. The Bertz CT molecular complexity index is 402. The fourth-order valence-electron chi connectivity index (χ4n) is 2.40. The van der Waals surface area contributed by atoms with Gasteiger partial charge in [-0.05, 0) is 26.0 Å². The molecule has 0 spiro atoms. The number of hydrogen-bond donors (Lipinski definition) is 1. The summed E-state index contributed by atoms with van der Waals surface area (Å²) in [7, 11) is 0. The second kappa shape index (κ2) is 4.87. The van der Waals surface area contributed by atoms with Gasteiger partial charge in [0.15, 0.2) is 0 Å². The highest BCUT2D eigenvalue weighted by Gasteiger charge is 2.27. The predicted molar refractivity (Wildman–Crippen MR) is 64.0 cm³/mol. The monoisotopic (exact) mass is 237 g/mol. The van der Waals surface area contributed by atoms with E-state index in [1.165, 1.54) is 0 Å². The van der Waals surface area contributed by atoms with Crippen molar-refractivity contribution in [3.05, 3.63) is 18.0 Å². The van der Waals surface area contributed by atoms with Crippen molar-refractivity contribution < 1.29 is 9.90 Å². The van der Waals surface area contributed by atoms with Crippen LogP contribution in [0.3, 0.4) is 0 Å². The van der Waals surface area contributed by atoms with Gasteiger partial charge >= 0.3 is 5.97 Å². The second-order valence-corrected chi connectivity index (χ2v) is 4.60. The summed E-state index contributed by atoms with van der Waals surface area (Å²) < 4.78 is 1.90. The van der Waals surface area contributed by atoms with Crippen molar-refractivity contribution in [2.24, 2.45) is 0 Å². The number of carbonyl (C=O) groups is 1. The Hall–Kier alpha value is -1.36. The van der Waals surface area contributed by atoms with Crippen LogP contribution >= 0.6 is 0 Å². The Kier molecular flexibility index (Phi) is 3.47. The quantitative estimate of drug-likeness (QED) is 0.858. The Balaban J connectivity index is 2.17. The van der Waals surface area contributed by atoms with E-state index in [4.69, 9.17) is 5.11 Å². The number of nitrogens with zero attached hydrogens (tertiary/aromatic N) is 3. The molecular weight excluding hydrogens is 218 g/mol. The number of likely N-dealkylation sites (N-methyl/N-ethyl adjacent to an activating group) is 1. The van der Waals surface area contributed by atoms with Crippen LogP contribution < -0.4 is 0 Å². The molecule has 17 heavy (non-hydrogen) atoms. The number of carboxylic acid groups (broad SMARTS) is 1. The van der Waals surface area contributed by atoms with Crippen LogP contribution in [-0.2, 0) is 4.79 Å². The summed E-state index contributed by atoms with van der Waals surface area (Å²) in [5.41, 5.74) is 0.806. The summed E-state index contributed by atoms with van der Waals surface area (Å²) in [6.07, 6.45) is 2.75. The van der Waals surface area contributed by atoms with Crippen LogP contribution in [-0.4, -0.2) is 45.4 Å². The average Bonchev–Trinajstić information content (AvgIpc) is 2.95. The van der Waals surface area contributed by atoms with Gasteiger partial charge in [-0.2, -0.15) is 5.10 Å². The van der Waals surface area contributed by atoms with Gasteiger partial charge in [-0.3, -0.25) is 9.48 Å². The van der Waals surface area contributed by atoms with E-state index in [1.54, 1.807) is 13.1 Å². The van der Waals surface area contributed by atoms with Gasteiger partial charge in [0.2, 0.25) is 0 Å². The molecule has 0 bridgehead atoms. The van der Waals surface area contributed by atoms with Crippen molar-refractivity contribution in [2.75, 3.05) is 19.6 Å². The van der Waals surface area contributed by atoms with E-state index in [2.05, 4.69) is 16.9 Å². The molecule has 2 rings (SSSR count). The molecule has 2 heterocycles. The number of hydrogen-bond acceptors (Lipinski definition) is 3. The van der Waals surface area contributed by atoms with E-state index in [1.807, 2.05) is 10.7 Å². The molecule has 0 saturated carbocycles. The van der Waals surface area contributed by atoms with E-state index >= 15 is 0 Å². The van der Waals surface area contributed by atoms with Gasteiger partial charge in [0.05, 0.1) is 17.7 Å². The molecule has 1 fully saturated rings. The zero-order chi connectivity index (χ0) is 12.4. The molecule has 2 unspecified atom stereocenters. The van der Waals surface area contributed by atoms with Crippen LogP contribution in [0.5, 0.6) is 0 Å². The first-order valence-corrected chi connectivity index (χ1v) is 6.12. The van der Waals surface area contributed by atoms with Gasteiger partial charge < -0.3 is 10.0 Å². The summed E-state index contributed by atoms with van der Waals surface area (Å²) in [6.45, 7) is 6.94. The molecule has 0 amide bonds. The largest absolute Gasteiger partial charge is 0.481 e. The average molecular weight is 237 g/mol. The third kappa shape index (κ3) is 2.34. The topological polar surface area (TPSA) is 58.4 Å². The lowest BCUT2D eigenvalue weighted by Crippen LogP contribution is -2.23. The van der Waals surface area contributed by atoms with E-state index in [0.717, 1.165) is 31.7 Å². The van der Waals surface area contributed by atoms with Crippen molar-refractivity contribution in [1.82, 2.24) is 14.7 Å². The third-order valence-electron chi connectivity index (χ3n) is 3.56. The summed E-state index contributed by atoms with van der Waals surface area (Å²) in [6, 6.07) is 2.13. The molecular formula is C12H19N3O2. The van der Waals surface area contributed by atoms with Gasteiger partial charge in [0.25, 0.3) is 0 Å². The fraction of sp³-hybridized carbons (Fsp3) is 0.667. The number of rotatable bonds is 4. The van der Waals surface area contributed by atoms with E-state index < -0.39 is 11.9 Å². The minimum absolute atomic E-state index is 0.321. The maximum atomic E-state index is 11.0. The zero-order valence-electron chi connectivity index (χ0n) is 10.3. The van der Waals surface area contributed by atoms with Crippen molar-refractivity contribution in [1.29, 1.82) is 0 Å². The van der Waals surface area contributed by atoms with Gasteiger partial charge in [-0.25, -0.2) is 0 Å². The minimum Gasteiger partial charge on any atom is -0.481 e. The Morgan fingerprint density at radius 1 is 1.71 bits per heavy atom. The maximum Gasteiger partial charge on any atom is 0.312 e. The first-order chi connectivity index (χ1) is 8.13. The highest BCUT2D eigenvalue weighted by atomic mass is 16.4. The molecule has 0 aliphatic carbocycles. The van der Waals surface area contributed by atoms with Gasteiger partial charge in [-0.1, -0.05) is 6.92 Å². The molecule has 2 atom stereocenters. The fourth-order valence-corrected chi connectivity index (χ4v) is 2.40. The molecule has 5 heteroatoms. The number of likely N-dealkylation sites (tertiary alicyclic amines) is 1. The molecule has 1 aliphatic rings. The van der Waals surface area contributed by atoms with Gasteiger partial charge in [-0.15, -0.1) is 0 Å². The molecule has 1 N–H and O–H groups in total. The van der Waals surface area contributed by atoms with Crippen LogP contribution in [0.15, 0.2) is 12.3 Å². The van der Waals surface area contributed by atoms with Crippen LogP contribution in [0.1, 0.15) is 37.9 Å². The van der Waals surface area contributed by atoms with Crippen molar-refractivity contribution in [3.63, 3.8) is 0 Å². The van der Waals surface area contributed by atoms with Crippen LogP contribution in [0.4, 0.5) is 0 Å². The molecule has 1 aromatic rings. The SMILES string of the molecule is CCN1CCC(n2nccc2C(C)C(=O)O)C1. The minimum atomic E-state index is -0.794. The van der Waals surface area contributed by atoms with Crippen molar-refractivity contribution in [2.45, 2.75) is 32.2 Å². The number of carboxylic acids is 1. The van der Waals surface area contributed by atoms with E-state index in [9.17, 15) is 4.79 Å². The normalized spacial score (nSPS) is 22.8. The summed E-state index contributed by atoms with van der Waals surface area (Å²) in [5.74, 6) is -1.29. The van der Waals surface area contributed by atoms with Crippen LogP contribution in [0.25, 0.3) is 0 Å². The molecule has 1 aliphatic heterocycles. The molecule has 0 aromatic carbocycles. The van der Waals surface area contributed by atoms with Gasteiger partial charge in [0, 0.05) is 19.3 Å². The van der Waals surface area contributed by atoms with E-state index in [-0.39, 0.29) is 0 Å². The van der Waals surface area contributed by atoms with Gasteiger partial charge in [0.1, 0.15) is 0 Å². The molecule has 0 radical (unpaired) electrons. The van der Waals surface area contributed by atoms with Crippen LogP contribution in [0.2, 0.25) is 0 Å². The Morgan fingerprint density at radius 3 is 3.06 bits per heavy atom. The smallest absolute Gasteiger partial charge is 0.312 e. The zero-order valence-corrected chi connectivity index (χ0v) is 10.3. The summed E-state index contributed by atoms with van der Waals surface area (Å²) in [4.78, 5) is 13.4. The Labute approximate surface area is 101 Å². The molecule has 5 nitrogen and oxygen atoms in total. The lowest BCUT2D eigenvalue weighted by Gasteiger charge is -2.17. The van der Waals surface area contributed by atoms with Crippen molar-refractivity contribution >= 4 is 5.97 Å².